The van der Waals surface area contributed by atoms with Gasteiger partial charge in [-0.05, 0) is 18.0 Å². The third-order valence-electron chi connectivity index (χ3n) is 5.75. The Morgan fingerprint density at radius 2 is 1.77 bits per heavy atom. The third-order valence-corrected chi connectivity index (χ3v) is 7.67. The van der Waals surface area contributed by atoms with Crippen LogP contribution in [-0.4, -0.2) is 113 Å². The first kappa shape index (κ1) is 32.7. The zero-order valence-corrected chi connectivity index (χ0v) is 22.8. The SMILES string of the molecule is CN(CCOCCOCCOCCCOC(N)=O)C(=O)[C@@H]1C[C@H](N=[N+]=[N-])CN1S(=O)(=O)c1ccccc1[N+](=O)[O-]. The number of primary amides is 1. The van der Waals surface area contributed by atoms with E-state index in [0.29, 0.717) is 26.2 Å². The molecule has 1 fully saturated rings. The highest BCUT2D eigenvalue weighted by Gasteiger charge is 2.46. The number of para-hydroxylation sites is 1. The predicted molar refractivity (Wildman–Crippen MR) is 139 cm³/mol. The number of hydrogen-bond acceptors (Lipinski definition) is 11. The Kier molecular flexibility index (Phi) is 13.5. The molecule has 18 heteroatoms. The maximum Gasteiger partial charge on any atom is 0.404 e. The van der Waals surface area contributed by atoms with Crippen molar-refractivity contribution >= 4 is 27.7 Å². The molecule has 0 unspecified atom stereocenters. The first-order valence-corrected chi connectivity index (χ1v) is 13.7. The van der Waals surface area contributed by atoms with Crippen molar-refractivity contribution in [1.82, 2.24) is 9.21 Å². The summed E-state index contributed by atoms with van der Waals surface area (Å²) in [7, 11) is -2.99. The van der Waals surface area contributed by atoms with E-state index in [-0.39, 0.29) is 45.9 Å². The molecule has 1 aromatic rings. The summed E-state index contributed by atoms with van der Waals surface area (Å²) >= 11 is 0. The highest BCUT2D eigenvalue weighted by molar-refractivity contribution is 7.89. The molecule has 2 atom stereocenters. The van der Waals surface area contributed by atoms with Crippen LogP contribution in [0.1, 0.15) is 12.8 Å². The number of carbonyl (C=O) groups excluding carboxylic acids is 2. The van der Waals surface area contributed by atoms with E-state index in [1.165, 1.54) is 24.1 Å². The van der Waals surface area contributed by atoms with E-state index in [9.17, 15) is 28.1 Å². The molecule has 1 aliphatic heterocycles. The number of nitrogens with two attached hydrogens (primary N) is 1. The van der Waals surface area contributed by atoms with E-state index in [0.717, 1.165) is 16.4 Å². The average Bonchev–Trinajstić information content (AvgIpc) is 3.35. The molecular formula is C22H33N7O10S. The van der Waals surface area contributed by atoms with Crippen LogP contribution in [-0.2, 0) is 33.8 Å². The van der Waals surface area contributed by atoms with Gasteiger partial charge >= 0.3 is 6.09 Å². The first-order chi connectivity index (χ1) is 19.1. The summed E-state index contributed by atoms with van der Waals surface area (Å²) in [5.74, 6) is -0.559. The van der Waals surface area contributed by atoms with Crippen LogP contribution in [0.25, 0.3) is 10.4 Å². The number of benzene rings is 1. The van der Waals surface area contributed by atoms with E-state index < -0.39 is 49.6 Å². The lowest BCUT2D eigenvalue weighted by atomic mass is 10.1. The summed E-state index contributed by atoms with van der Waals surface area (Å²) in [5.41, 5.74) is 13.1. The number of nitro groups is 1. The molecule has 1 aromatic carbocycles. The number of carbonyl (C=O) groups is 2. The number of nitro benzene ring substituents is 1. The summed E-state index contributed by atoms with van der Waals surface area (Å²) in [6.45, 7) is 1.76. The van der Waals surface area contributed by atoms with Gasteiger partial charge in [0.15, 0.2) is 4.90 Å². The molecule has 0 aliphatic carbocycles. The Balaban J connectivity index is 1.82. The molecule has 222 valence electrons. The van der Waals surface area contributed by atoms with Crippen LogP contribution in [0.3, 0.4) is 0 Å². The van der Waals surface area contributed by atoms with E-state index in [1.54, 1.807) is 0 Å². The molecule has 1 heterocycles. The number of hydrogen-bond donors (Lipinski definition) is 1. The van der Waals surface area contributed by atoms with Gasteiger partial charge in [0, 0.05) is 44.1 Å². The van der Waals surface area contributed by atoms with Crippen LogP contribution in [0.15, 0.2) is 34.3 Å². The predicted octanol–water partition coefficient (Wildman–Crippen LogP) is 1.03. The van der Waals surface area contributed by atoms with Gasteiger partial charge in [-0.2, -0.15) is 4.31 Å². The van der Waals surface area contributed by atoms with Crippen LogP contribution in [0.5, 0.6) is 0 Å². The molecule has 17 nitrogen and oxygen atoms in total. The number of likely N-dealkylation sites (N-methyl/N-ethyl adjacent to an activating group) is 1. The van der Waals surface area contributed by atoms with E-state index >= 15 is 0 Å². The molecule has 0 aromatic heterocycles. The summed E-state index contributed by atoms with van der Waals surface area (Å²) in [6, 6.07) is 2.83. The second-order valence-corrected chi connectivity index (χ2v) is 10.4. The van der Waals surface area contributed by atoms with E-state index in [1.807, 2.05) is 0 Å². The van der Waals surface area contributed by atoms with Crippen molar-refractivity contribution in [2.75, 3.05) is 66.4 Å². The lowest BCUT2D eigenvalue weighted by molar-refractivity contribution is -0.387. The standard InChI is InChI=1S/C22H33N7O10S/c1-27(7-10-37-12-14-38-13-11-36-8-4-9-39-22(23)31)21(30)19-15-17(25-26-24)16-28(19)40(34,35)20-6-3-2-5-18(20)29(32)33/h2-3,5-6,17,19H,4,7-16H2,1H3,(H2,23,31)/t17-,19-/m0/s1. The van der Waals surface area contributed by atoms with Crippen molar-refractivity contribution in [3.63, 3.8) is 0 Å². The maximum atomic E-state index is 13.4. The van der Waals surface area contributed by atoms with Crippen LogP contribution < -0.4 is 5.73 Å². The van der Waals surface area contributed by atoms with Gasteiger partial charge in [0.25, 0.3) is 15.7 Å². The monoisotopic (exact) mass is 587 g/mol. The Morgan fingerprint density at radius 1 is 1.15 bits per heavy atom. The van der Waals surface area contributed by atoms with Gasteiger partial charge in [-0.25, -0.2) is 13.2 Å². The fraction of sp³-hybridized carbons (Fsp3) is 0.636. The van der Waals surface area contributed by atoms with Crippen LogP contribution in [0, 0.1) is 10.1 Å². The molecule has 2 N–H and O–H groups in total. The minimum absolute atomic E-state index is 0.0674. The van der Waals surface area contributed by atoms with Crippen molar-refractivity contribution in [3.05, 3.63) is 44.8 Å². The van der Waals surface area contributed by atoms with Gasteiger partial charge in [-0.15, -0.1) is 0 Å². The second-order valence-electron chi connectivity index (χ2n) is 8.53. The highest BCUT2D eigenvalue weighted by Crippen LogP contribution is 2.33. The third kappa shape index (κ3) is 9.89. The Labute approximate surface area is 230 Å². The summed E-state index contributed by atoms with van der Waals surface area (Å²) in [4.78, 5) is 37.7. The topological polar surface area (TPSA) is 230 Å². The minimum Gasteiger partial charge on any atom is -0.450 e. The largest absolute Gasteiger partial charge is 0.450 e. The summed E-state index contributed by atoms with van der Waals surface area (Å²) in [5, 5.41) is 15.0. The highest BCUT2D eigenvalue weighted by atomic mass is 32.2. The van der Waals surface area contributed by atoms with Crippen LogP contribution in [0.4, 0.5) is 10.5 Å². The zero-order valence-electron chi connectivity index (χ0n) is 22.0. The first-order valence-electron chi connectivity index (χ1n) is 12.3. The molecule has 2 rings (SSSR count). The Morgan fingerprint density at radius 3 is 2.40 bits per heavy atom. The normalized spacial score (nSPS) is 17.2. The number of rotatable bonds is 18. The van der Waals surface area contributed by atoms with Gasteiger partial charge in [-0.1, -0.05) is 17.2 Å². The molecule has 1 aliphatic rings. The Bertz CT molecular complexity index is 1160. The zero-order chi connectivity index (χ0) is 29.5. The van der Waals surface area contributed by atoms with E-state index in [4.69, 9.17) is 25.5 Å². The number of nitrogens with zero attached hydrogens (tertiary/aromatic N) is 6. The van der Waals surface area contributed by atoms with Gasteiger partial charge in [0.05, 0.1) is 50.6 Å². The quantitative estimate of drug-likeness (QED) is 0.0640. The van der Waals surface area contributed by atoms with Gasteiger partial charge < -0.3 is 29.6 Å². The fourth-order valence-corrected chi connectivity index (χ4v) is 5.61. The number of amides is 2. The van der Waals surface area contributed by atoms with E-state index in [2.05, 4.69) is 14.8 Å². The molecule has 0 radical (unpaired) electrons. The summed E-state index contributed by atoms with van der Waals surface area (Å²) in [6.07, 6.45) is -0.383. The van der Waals surface area contributed by atoms with Gasteiger partial charge in [0.2, 0.25) is 5.91 Å². The second kappa shape index (κ2) is 16.5. The lowest BCUT2D eigenvalue weighted by Crippen LogP contribution is -2.47. The van der Waals surface area contributed by atoms with Crippen LogP contribution in [0.2, 0.25) is 0 Å². The van der Waals surface area contributed by atoms with Crippen molar-refractivity contribution in [2.45, 2.75) is 29.8 Å². The van der Waals surface area contributed by atoms with Crippen LogP contribution >= 0.6 is 0 Å². The number of azide groups is 1. The molecule has 0 bridgehead atoms. The molecule has 2 amide bonds. The lowest BCUT2D eigenvalue weighted by Gasteiger charge is -2.27. The smallest absolute Gasteiger partial charge is 0.404 e. The van der Waals surface area contributed by atoms with Crippen molar-refractivity contribution in [3.8, 4) is 0 Å². The molecule has 1 saturated heterocycles. The molecule has 0 saturated carbocycles. The van der Waals surface area contributed by atoms with Crippen molar-refractivity contribution in [2.24, 2.45) is 10.8 Å². The van der Waals surface area contributed by atoms with Crippen molar-refractivity contribution < 1.29 is 41.9 Å². The molecule has 0 spiro atoms. The number of ether oxygens (including phenoxy) is 4. The molecular weight excluding hydrogens is 554 g/mol. The van der Waals surface area contributed by atoms with Gasteiger partial charge in [0.1, 0.15) is 6.04 Å². The fourth-order valence-electron chi connectivity index (χ4n) is 3.83. The minimum atomic E-state index is -4.47. The number of sulfonamides is 1. The van der Waals surface area contributed by atoms with Gasteiger partial charge in [-0.3, -0.25) is 14.9 Å². The maximum absolute atomic E-state index is 13.4. The molecule has 40 heavy (non-hydrogen) atoms. The Hall–Kier alpha value is -3.54. The summed E-state index contributed by atoms with van der Waals surface area (Å²) < 4.78 is 48.4. The van der Waals surface area contributed by atoms with Crippen molar-refractivity contribution in [1.29, 1.82) is 0 Å². The average molecular weight is 588 g/mol.